The number of hydrogen-bond acceptors (Lipinski definition) is 5. The number of anilines is 1. The van der Waals surface area contributed by atoms with E-state index in [1.807, 2.05) is 0 Å². The van der Waals surface area contributed by atoms with Crippen LogP contribution in [-0.4, -0.2) is 30.8 Å². The Morgan fingerprint density at radius 1 is 1.50 bits per heavy atom. The lowest BCUT2D eigenvalue weighted by Gasteiger charge is -2.11. The quantitative estimate of drug-likeness (QED) is 0.356. The van der Waals surface area contributed by atoms with Gasteiger partial charge in [-0.2, -0.15) is 0 Å². The summed E-state index contributed by atoms with van der Waals surface area (Å²) in [5, 5.41) is 11.1. The number of nitrogens with zero attached hydrogens (tertiary/aromatic N) is 1. The van der Waals surface area contributed by atoms with Crippen LogP contribution in [0.1, 0.15) is 12.5 Å². The van der Waals surface area contributed by atoms with Gasteiger partial charge in [-0.15, -0.1) is 0 Å². The van der Waals surface area contributed by atoms with Crippen LogP contribution in [0.3, 0.4) is 0 Å². The van der Waals surface area contributed by atoms with Crippen LogP contribution in [0.25, 0.3) is 0 Å². The fourth-order valence-corrected chi connectivity index (χ4v) is 1.86. The van der Waals surface area contributed by atoms with Gasteiger partial charge in [0.2, 0.25) is 0 Å². The highest BCUT2D eigenvalue weighted by Gasteiger charge is 2.23. The lowest BCUT2D eigenvalue weighted by atomic mass is 10.1. The summed E-state index contributed by atoms with van der Waals surface area (Å²) in [7, 11) is -3.31. The molecule has 1 aromatic rings. The minimum absolute atomic E-state index is 0.0924. The number of sulfone groups is 1. The molecule has 1 atom stereocenters. The fourth-order valence-electron chi connectivity index (χ4n) is 1.27. The second-order valence-corrected chi connectivity index (χ2v) is 5.95. The van der Waals surface area contributed by atoms with E-state index in [4.69, 9.17) is 10.9 Å². The molecule has 0 aliphatic heterocycles. The van der Waals surface area contributed by atoms with Crippen molar-refractivity contribution in [2.24, 2.45) is 5.16 Å². The van der Waals surface area contributed by atoms with Gasteiger partial charge in [0, 0.05) is 17.5 Å². The molecule has 0 bridgehead atoms. The van der Waals surface area contributed by atoms with E-state index in [0.717, 1.165) is 6.26 Å². The van der Waals surface area contributed by atoms with E-state index < -0.39 is 15.1 Å². The van der Waals surface area contributed by atoms with E-state index in [1.165, 1.54) is 6.92 Å². The van der Waals surface area contributed by atoms with Gasteiger partial charge in [-0.3, -0.25) is 0 Å². The summed E-state index contributed by atoms with van der Waals surface area (Å²) in [5.41, 5.74) is 6.65. The lowest BCUT2D eigenvalue weighted by Crippen LogP contribution is -2.27. The average Bonchev–Trinajstić information content (AvgIpc) is 2.17. The van der Waals surface area contributed by atoms with Crippen LogP contribution in [0, 0.1) is 0 Å². The van der Waals surface area contributed by atoms with Gasteiger partial charge < -0.3 is 10.9 Å². The molecule has 0 heterocycles. The maximum absolute atomic E-state index is 11.4. The van der Waals surface area contributed by atoms with Crippen molar-refractivity contribution in [3.63, 3.8) is 0 Å². The molecule has 88 valence electrons. The first-order chi connectivity index (χ1) is 7.36. The van der Waals surface area contributed by atoms with Gasteiger partial charge in [0.1, 0.15) is 11.0 Å². The summed E-state index contributed by atoms with van der Waals surface area (Å²) in [6.45, 7) is 1.47. The Hall–Kier alpha value is -1.56. The Kier molecular flexibility index (Phi) is 3.54. The third-order valence-corrected chi connectivity index (χ3v) is 3.83. The maximum atomic E-state index is 11.4. The van der Waals surface area contributed by atoms with Crippen LogP contribution < -0.4 is 5.73 Å². The molecule has 0 fully saturated rings. The van der Waals surface area contributed by atoms with Crippen molar-refractivity contribution in [2.75, 3.05) is 12.0 Å². The normalized spacial score (nSPS) is 14.8. The van der Waals surface area contributed by atoms with Crippen LogP contribution in [0.15, 0.2) is 29.4 Å². The van der Waals surface area contributed by atoms with Gasteiger partial charge in [-0.25, -0.2) is 8.42 Å². The van der Waals surface area contributed by atoms with Gasteiger partial charge in [-0.05, 0) is 19.1 Å². The third-order valence-electron chi connectivity index (χ3n) is 2.32. The lowest BCUT2D eigenvalue weighted by molar-refractivity contribution is 0.318. The summed E-state index contributed by atoms with van der Waals surface area (Å²) < 4.78 is 22.7. The predicted molar refractivity (Wildman–Crippen MR) is 63.5 cm³/mol. The Morgan fingerprint density at radius 3 is 2.56 bits per heavy atom. The second kappa shape index (κ2) is 4.52. The fraction of sp³-hybridized carbons (Fsp3) is 0.300. The van der Waals surface area contributed by atoms with Gasteiger partial charge in [0.25, 0.3) is 0 Å². The van der Waals surface area contributed by atoms with Crippen molar-refractivity contribution in [1.82, 2.24) is 0 Å². The van der Waals surface area contributed by atoms with Crippen molar-refractivity contribution in [1.29, 1.82) is 0 Å². The van der Waals surface area contributed by atoms with Crippen LogP contribution >= 0.6 is 0 Å². The molecular weight excluding hydrogens is 228 g/mol. The monoisotopic (exact) mass is 242 g/mol. The van der Waals surface area contributed by atoms with E-state index >= 15 is 0 Å². The van der Waals surface area contributed by atoms with Crippen LogP contribution in [0.5, 0.6) is 0 Å². The van der Waals surface area contributed by atoms with Gasteiger partial charge >= 0.3 is 0 Å². The Bertz CT molecular complexity index is 509. The molecule has 0 aliphatic carbocycles. The highest BCUT2D eigenvalue weighted by atomic mass is 32.2. The van der Waals surface area contributed by atoms with Gasteiger partial charge in [0.15, 0.2) is 9.84 Å². The zero-order valence-electron chi connectivity index (χ0n) is 9.08. The maximum Gasteiger partial charge on any atom is 0.155 e. The van der Waals surface area contributed by atoms with E-state index in [9.17, 15) is 8.42 Å². The summed E-state index contributed by atoms with van der Waals surface area (Å²) in [5.74, 6) is 0. The summed E-state index contributed by atoms with van der Waals surface area (Å²) >= 11 is 0. The molecule has 0 spiro atoms. The Labute approximate surface area is 94.5 Å². The second-order valence-electron chi connectivity index (χ2n) is 3.58. The molecule has 0 aromatic heterocycles. The third kappa shape index (κ3) is 2.73. The average molecular weight is 242 g/mol. The molecule has 1 aromatic carbocycles. The zero-order chi connectivity index (χ0) is 12.3. The molecule has 0 amide bonds. The van der Waals surface area contributed by atoms with E-state index in [-0.39, 0.29) is 5.71 Å². The predicted octanol–water partition coefficient (Wildman–Crippen LogP) is 0.880. The Balaban J connectivity index is 3.20. The summed E-state index contributed by atoms with van der Waals surface area (Å²) in [6, 6.07) is 6.55. The zero-order valence-corrected chi connectivity index (χ0v) is 9.90. The highest BCUT2D eigenvalue weighted by molar-refractivity contribution is 7.92. The minimum Gasteiger partial charge on any atom is -0.411 e. The molecule has 0 saturated carbocycles. The van der Waals surface area contributed by atoms with Crippen molar-refractivity contribution in [3.05, 3.63) is 29.8 Å². The Morgan fingerprint density at radius 2 is 2.12 bits per heavy atom. The van der Waals surface area contributed by atoms with Crippen molar-refractivity contribution >= 4 is 21.2 Å². The molecule has 0 saturated heterocycles. The number of nitrogen functional groups attached to an aromatic ring is 1. The first-order valence-electron chi connectivity index (χ1n) is 4.63. The summed E-state index contributed by atoms with van der Waals surface area (Å²) in [6.07, 6.45) is 1.09. The van der Waals surface area contributed by atoms with E-state index in [0.29, 0.717) is 11.3 Å². The topological polar surface area (TPSA) is 92.8 Å². The first-order valence-corrected chi connectivity index (χ1v) is 6.58. The molecule has 0 unspecified atom stereocenters. The molecule has 16 heavy (non-hydrogen) atoms. The van der Waals surface area contributed by atoms with Crippen molar-refractivity contribution in [3.8, 4) is 0 Å². The number of rotatable bonds is 3. The smallest absolute Gasteiger partial charge is 0.155 e. The highest BCUT2D eigenvalue weighted by Crippen LogP contribution is 2.13. The molecule has 3 N–H and O–H groups in total. The van der Waals surface area contributed by atoms with Gasteiger partial charge in [-0.1, -0.05) is 17.3 Å². The van der Waals surface area contributed by atoms with Crippen LogP contribution in [0.4, 0.5) is 5.69 Å². The summed E-state index contributed by atoms with van der Waals surface area (Å²) in [4.78, 5) is 0. The standard InChI is InChI=1S/C10H14N2O3S/c1-7(16(2,14)15)10(12-13)8-4-3-5-9(11)6-8/h3-7,13H,11H2,1-2H3/b12-10+/t7-/m0/s1. The molecule has 6 heteroatoms. The molecule has 0 aliphatic rings. The van der Waals surface area contributed by atoms with Crippen molar-refractivity contribution < 1.29 is 13.6 Å². The number of benzene rings is 1. The van der Waals surface area contributed by atoms with E-state index in [2.05, 4.69) is 5.16 Å². The molecule has 1 rings (SSSR count). The van der Waals surface area contributed by atoms with Gasteiger partial charge in [0.05, 0.1) is 0 Å². The minimum atomic E-state index is -3.31. The SMILES string of the molecule is C[C@@H](/C(=N\O)c1cccc(N)c1)S(C)(=O)=O. The van der Waals surface area contributed by atoms with Crippen LogP contribution in [-0.2, 0) is 9.84 Å². The largest absolute Gasteiger partial charge is 0.411 e. The van der Waals surface area contributed by atoms with Crippen molar-refractivity contribution in [2.45, 2.75) is 12.2 Å². The number of oxime groups is 1. The number of hydrogen-bond donors (Lipinski definition) is 2. The molecule has 0 radical (unpaired) electrons. The first kappa shape index (κ1) is 12.5. The van der Waals surface area contributed by atoms with Crippen LogP contribution in [0.2, 0.25) is 0 Å². The van der Waals surface area contributed by atoms with E-state index in [1.54, 1.807) is 24.3 Å². The molecule has 5 nitrogen and oxygen atoms in total. The number of nitrogens with two attached hydrogens (primary N) is 1. The molecular formula is C10H14N2O3S.